The summed E-state index contributed by atoms with van der Waals surface area (Å²) < 4.78 is 2.22. The van der Waals surface area contributed by atoms with E-state index in [0.29, 0.717) is 6.54 Å². The molecule has 0 bridgehead atoms. The quantitative estimate of drug-likeness (QED) is 0.349. The van der Waals surface area contributed by atoms with Crippen molar-refractivity contribution in [1.82, 2.24) is 25.4 Å². The van der Waals surface area contributed by atoms with Gasteiger partial charge in [-0.25, -0.2) is 4.99 Å². The second kappa shape index (κ2) is 10.0. The largest absolute Gasteiger partial charge is 0.357 e. The van der Waals surface area contributed by atoms with E-state index < -0.39 is 0 Å². The van der Waals surface area contributed by atoms with Gasteiger partial charge in [0, 0.05) is 36.3 Å². The number of rotatable bonds is 6. The third-order valence-corrected chi connectivity index (χ3v) is 6.97. The molecule has 0 atom stereocenters. The summed E-state index contributed by atoms with van der Waals surface area (Å²) in [5.74, 6) is 2.97. The van der Waals surface area contributed by atoms with Crippen LogP contribution in [-0.4, -0.2) is 33.8 Å². The van der Waals surface area contributed by atoms with Gasteiger partial charge in [0.25, 0.3) is 0 Å². The smallest absolute Gasteiger partial charge is 0.191 e. The van der Waals surface area contributed by atoms with Gasteiger partial charge in [-0.15, -0.1) is 45.5 Å². The van der Waals surface area contributed by atoms with Crippen LogP contribution in [0, 0.1) is 0 Å². The number of aliphatic imine (C=N–C) groups is 1. The average molecular weight is 514 g/mol. The Morgan fingerprint density at radius 2 is 2.07 bits per heavy atom. The van der Waals surface area contributed by atoms with E-state index in [2.05, 4.69) is 49.8 Å². The Bertz CT molecular complexity index is 764. The van der Waals surface area contributed by atoms with Gasteiger partial charge in [0.1, 0.15) is 12.4 Å². The highest BCUT2D eigenvalue weighted by Crippen LogP contribution is 2.41. The number of hydrogen-bond acceptors (Lipinski definition) is 4. The van der Waals surface area contributed by atoms with Gasteiger partial charge in [0.05, 0.1) is 0 Å². The Kier molecular flexibility index (Phi) is 7.73. The highest BCUT2D eigenvalue weighted by atomic mass is 127. The molecule has 3 heterocycles. The maximum Gasteiger partial charge on any atom is 0.191 e. The number of nitrogens with zero attached hydrogens (tertiary/aromatic N) is 4. The lowest BCUT2D eigenvalue weighted by molar-refractivity contribution is 0.296. The van der Waals surface area contributed by atoms with Crippen molar-refractivity contribution in [2.45, 2.75) is 70.4 Å². The van der Waals surface area contributed by atoms with Crippen LogP contribution in [-0.2, 0) is 24.9 Å². The minimum Gasteiger partial charge on any atom is -0.357 e. The third kappa shape index (κ3) is 4.69. The maximum absolute atomic E-state index is 4.80. The number of hydrogen-bond donors (Lipinski definition) is 2. The lowest BCUT2D eigenvalue weighted by atomic mass is 9.73. The molecule has 2 aliphatic rings. The summed E-state index contributed by atoms with van der Waals surface area (Å²) in [6.45, 7) is 5.52. The number of guanidine groups is 1. The number of halogens is 1. The number of aromatic nitrogens is 3. The first-order chi connectivity index (χ1) is 13.3. The molecular formula is C20H31IN6S. The van der Waals surface area contributed by atoms with Crippen molar-refractivity contribution in [3.05, 3.63) is 34.0 Å². The lowest BCUT2D eigenvalue weighted by Crippen LogP contribution is -2.46. The summed E-state index contributed by atoms with van der Waals surface area (Å²) in [4.78, 5) is 6.32. The van der Waals surface area contributed by atoms with E-state index in [4.69, 9.17) is 4.99 Å². The Hall–Kier alpha value is -1.16. The molecule has 1 aliphatic carbocycles. The van der Waals surface area contributed by atoms with Crippen LogP contribution in [0.1, 0.15) is 62.0 Å². The summed E-state index contributed by atoms with van der Waals surface area (Å²) in [6.07, 6.45) is 8.73. The molecule has 0 saturated heterocycles. The zero-order valence-electron chi connectivity index (χ0n) is 16.6. The molecule has 0 radical (unpaired) electrons. The van der Waals surface area contributed by atoms with Gasteiger partial charge in [0.15, 0.2) is 11.8 Å². The van der Waals surface area contributed by atoms with Crippen LogP contribution in [0.2, 0.25) is 0 Å². The first kappa shape index (κ1) is 21.5. The van der Waals surface area contributed by atoms with Crippen LogP contribution in [0.5, 0.6) is 0 Å². The molecule has 154 valence electrons. The molecule has 0 amide bonds. The fourth-order valence-corrected chi connectivity index (χ4v) is 5.38. The normalized spacial score (nSPS) is 18.4. The fourth-order valence-electron chi connectivity index (χ4n) is 4.39. The summed E-state index contributed by atoms with van der Waals surface area (Å²) >= 11 is 1.90. The van der Waals surface area contributed by atoms with Crippen molar-refractivity contribution in [1.29, 1.82) is 0 Å². The molecule has 0 spiro atoms. The van der Waals surface area contributed by atoms with Crippen LogP contribution >= 0.6 is 35.3 Å². The SMILES string of the molecule is CCNC(=NCc1nnc2n1CCC2)NCC1(c2cccs2)CCCCC1.I. The van der Waals surface area contributed by atoms with E-state index in [1.807, 2.05) is 11.3 Å². The molecule has 6 nitrogen and oxygen atoms in total. The molecule has 2 N–H and O–H groups in total. The fraction of sp³-hybridized carbons (Fsp3) is 0.650. The van der Waals surface area contributed by atoms with Crippen LogP contribution in [0.3, 0.4) is 0 Å². The minimum atomic E-state index is 0. The van der Waals surface area contributed by atoms with Crippen LogP contribution in [0.15, 0.2) is 22.5 Å². The summed E-state index contributed by atoms with van der Waals surface area (Å²) in [5, 5.41) is 17.9. The standard InChI is InChI=1S/C20H30N6S.HI/c1-2-21-19(22-14-18-25-24-17-9-6-12-26(17)18)23-15-20(10-4-3-5-11-20)16-8-7-13-27-16;/h7-8,13H,2-6,9-12,14-15H2,1H3,(H2,21,22,23);1H. The van der Waals surface area contributed by atoms with E-state index in [-0.39, 0.29) is 29.4 Å². The van der Waals surface area contributed by atoms with Gasteiger partial charge < -0.3 is 15.2 Å². The number of fused-ring (bicyclic) bond motifs is 1. The Balaban J connectivity index is 0.00000225. The van der Waals surface area contributed by atoms with Gasteiger partial charge in [-0.2, -0.15) is 0 Å². The Morgan fingerprint density at radius 1 is 1.21 bits per heavy atom. The molecule has 8 heteroatoms. The third-order valence-electron chi connectivity index (χ3n) is 5.86. The molecule has 0 unspecified atom stereocenters. The first-order valence-electron chi connectivity index (χ1n) is 10.3. The van der Waals surface area contributed by atoms with Gasteiger partial charge in [0.2, 0.25) is 0 Å². The molecule has 1 aliphatic heterocycles. The van der Waals surface area contributed by atoms with Crippen molar-refractivity contribution in [2.75, 3.05) is 13.1 Å². The Morgan fingerprint density at radius 3 is 2.82 bits per heavy atom. The van der Waals surface area contributed by atoms with Crippen molar-refractivity contribution >= 4 is 41.3 Å². The summed E-state index contributed by atoms with van der Waals surface area (Å²) in [7, 11) is 0. The van der Waals surface area contributed by atoms with Crippen LogP contribution in [0.25, 0.3) is 0 Å². The van der Waals surface area contributed by atoms with Crippen LogP contribution in [0.4, 0.5) is 0 Å². The van der Waals surface area contributed by atoms with E-state index in [9.17, 15) is 0 Å². The van der Waals surface area contributed by atoms with Gasteiger partial charge in [-0.1, -0.05) is 25.3 Å². The van der Waals surface area contributed by atoms with Crippen molar-refractivity contribution in [3.63, 3.8) is 0 Å². The van der Waals surface area contributed by atoms with Crippen molar-refractivity contribution in [3.8, 4) is 0 Å². The predicted octanol–water partition coefficient (Wildman–Crippen LogP) is 3.86. The van der Waals surface area contributed by atoms with Crippen molar-refractivity contribution in [2.24, 2.45) is 4.99 Å². The Labute approximate surface area is 188 Å². The molecule has 2 aromatic heterocycles. The molecular weight excluding hydrogens is 483 g/mol. The number of aryl methyl sites for hydroxylation is 1. The van der Waals surface area contributed by atoms with Gasteiger partial charge >= 0.3 is 0 Å². The summed E-state index contributed by atoms with van der Waals surface area (Å²) in [5.41, 5.74) is 0.249. The van der Waals surface area contributed by atoms with E-state index in [1.165, 1.54) is 43.4 Å². The van der Waals surface area contributed by atoms with E-state index in [1.54, 1.807) is 0 Å². The predicted molar refractivity (Wildman–Crippen MR) is 126 cm³/mol. The lowest BCUT2D eigenvalue weighted by Gasteiger charge is -2.37. The number of thiophene rings is 1. The molecule has 2 aromatic rings. The average Bonchev–Trinajstić information content (AvgIpc) is 3.44. The zero-order valence-corrected chi connectivity index (χ0v) is 19.8. The minimum absolute atomic E-state index is 0. The molecule has 0 aromatic carbocycles. The molecule has 28 heavy (non-hydrogen) atoms. The highest BCUT2D eigenvalue weighted by molar-refractivity contribution is 14.0. The van der Waals surface area contributed by atoms with Crippen LogP contribution < -0.4 is 10.6 Å². The molecule has 4 rings (SSSR count). The van der Waals surface area contributed by atoms with E-state index >= 15 is 0 Å². The van der Waals surface area contributed by atoms with Gasteiger partial charge in [-0.3, -0.25) is 0 Å². The second-order valence-corrected chi connectivity index (χ2v) is 8.60. The molecule has 1 saturated carbocycles. The first-order valence-corrected chi connectivity index (χ1v) is 11.2. The van der Waals surface area contributed by atoms with Gasteiger partial charge in [-0.05, 0) is 37.6 Å². The zero-order chi connectivity index (χ0) is 18.5. The topological polar surface area (TPSA) is 67.1 Å². The second-order valence-electron chi connectivity index (χ2n) is 7.65. The number of nitrogens with one attached hydrogen (secondary N) is 2. The summed E-state index contributed by atoms with van der Waals surface area (Å²) in [6, 6.07) is 4.49. The monoisotopic (exact) mass is 514 g/mol. The highest BCUT2D eigenvalue weighted by Gasteiger charge is 2.34. The van der Waals surface area contributed by atoms with E-state index in [0.717, 1.165) is 43.7 Å². The molecule has 1 fully saturated rings. The maximum atomic E-state index is 4.80. The van der Waals surface area contributed by atoms with Crippen molar-refractivity contribution < 1.29 is 0 Å².